The Morgan fingerprint density at radius 2 is 2.37 bits per heavy atom. The summed E-state index contributed by atoms with van der Waals surface area (Å²) in [5.41, 5.74) is -0.190. The van der Waals surface area contributed by atoms with Crippen LogP contribution in [0, 0.1) is 5.41 Å². The molecule has 1 amide bonds. The van der Waals surface area contributed by atoms with Gasteiger partial charge in [-0.2, -0.15) is 0 Å². The summed E-state index contributed by atoms with van der Waals surface area (Å²) in [5, 5.41) is 3.34. The first-order chi connectivity index (χ1) is 9.07. The van der Waals surface area contributed by atoms with Crippen molar-refractivity contribution in [3.05, 3.63) is 21.3 Å². The van der Waals surface area contributed by atoms with E-state index < -0.39 is 0 Å². The summed E-state index contributed by atoms with van der Waals surface area (Å²) in [7, 11) is 1.89. The molecule has 1 aromatic heterocycles. The van der Waals surface area contributed by atoms with Gasteiger partial charge in [-0.15, -0.1) is 11.3 Å². The molecule has 0 radical (unpaired) electrons. The van der Waals surface area contributed by atoms with E-state index in [1.165, 1.54) is 0 Å². The van der Waals surface area contributed by atoms with Crippen molar-refractivity contribution in [2.45, 2.75) is 32.7 Å². The molecule has 5 heteroatoms. The Morgan fingerprint density at radius 3 is 2.89 bits per heavy atom. The Hall–Kier alpha value is -0.580. The monoisotopic (exact) mass is 300 g/mol. The number of nitrogens with one attached hydrogen (secondary N) is 1. The highest BCUT2D eigenvalue weighted by atomic mass is 35.5. The quantitative estimate of drug-likeness (QED) is 0.906. The van der Waals surface area contributed by atoms with E-state index in [0.29, 0.717) is 6.54 Å². The number of rotatable bonds is 5. The zero-order valence-electron chi connectivity index (χ0n) is 11.5. The molecule has 19 heavy (non-hydrogen) atoms. The minimum atomic E-state index is -0.190. The molecule has 0 saturated carbocycles. The van der Waals surface area contributed by atoms with Crippen LogP contribution in [0.25, 0.3) is 0 Å². The maximum atomic E-state index is 12.7. The van der Waals surface area contributed by atoms with E-state index in [9.17, 15) is 4.79 Å². The van der Waals surface area contributed by atoms with Crippen molar-refractivity contribution in [1.29, 1.82) is 0 Å². The van der Waals surface area contributed by atoms with Crippen LogP contribution < -0.4 is 5.32 Å². The van der Waals surface area contributed by atoms with Crippen LogP contribution in [0.4, 0.5) is 0 Å². The van der Waals surface area contributed by atoms with Crippen molar-refractivity contribution in [3.63, 3.8) is 0 Å². The molecule has 0 aromatic carbocycles. The third kappa shape index (κ3) is 3.30. The molecule has 106 valence electrons. The minimum absolute atomic E-state index is 0.190. The molecular formula is C14H21ClN2OS. The second-order valence-electron chi connectivity index (χ2n) is 5.32. The molecule has 1 saturated heterocycles. The van der Waals surface area contributed by atoms with E-state index in [2.05, 4.69) is 12.2 Å². The first-order valence-corrected chi connectivity index (χ1v) is 7.97. The topological polar surface area (TPSA) is 32.3 Å². The van der Waals surface area contributed by atoms with Crippen molar-refractivity contribution in [1.82, 2.24) is 10.2 Å². The van der Waals surface area contributed by atoms with E-state index in [4.69, 9.17) is 11.6 Å². The summed E-state index contributed by atoms with van der Waals surface area (Å²) in [6, 6.07) is 3.88. The molecule has 0 bridgehead atoms. The summed E-state index contributed by atoms with van der Waals surface area (Å²) in [6.45, 7) is 4.56. The molecule has 1 aliphatic heterocycles. The fourth-order valence-corrected chi connectivity index (χ4v) is 4.01. The molecule has 1 N–H and O–H groups in total. The average molecular weight is 301 g/mol. The lowest BCUT2D eigenvalue weighted by atomic mass is 9.81. The lowest BCUT2D eigenvalue weighted by molar-refractivity contribution is -0.140. The van der Waals surface area contributed by atoms with Gasteiger partial charge in [0.15, 0.2) is 0 Å². The lowest BCUT2D eigenvalue weighted by Gasteiger charge is -2.31. The predicted molar refractivity (Wildman–Crippen MR) is 80.6 cm³/mol. The fourth-order valence-electron chi connectivity index (χ4n) is 2.87. The minimum Gasteiger partial charge on any atom is -0.340 e. The van der Waals surface area contributed by atoms with Gasteiger partial charge in [-0.1, -0.05) is 24.9 Å². The molecule has 1 fully saturated rings. The first-order valence-electron chi connectivity index (χ1n) is 6.78. The summed E-state index contributed by atoms with van der Waals surface area (Å²) in [6.07, 6.45) is 2.97. The highest BCUT2D eigenvalue weighted by Gasteiger charge is 2.41. The van der Waals surface area contributed by atoms with Gasteiger partial charge < -0.3 is 10.2 Å². The van der Waals surface area contributed by atoms with Crippen molar-refractivity contribution < 1.29 is 4.79 Å². The van der Waals surface area contributed by atoms with Gasteiger partial charge in [-0.3, -0.25) is 4.79 Å². The van der Waals surface area contributed by atoms with Gasteiger partial charge in [-0.05, 0) is 31.5 Å². The molecular weight excluding hydrogens is 280 g/mol. The van der Waals surface area contributed by atoms with E-state index in [-0.39, 0.29) is 11.3 Å². The Bertz CT molecular complexity index is 440. The summed E-state index contributed by atoms with van der Waals surface area (Å²) >= 11 is 7.48. The Balaban J connectivity index is 2.04. The van der Waals surface area contributed by atoms with Crippen LogP contribution in [-0.2, 0) is 11.3 Å². The zero-order chi connectivity index (χ0) is 13.9. The molecule has 1 unspecified atom stereocenters. The number of thiophene rings is 1. The van der Waals surface area contributed by atoms with Crippen molar-refractivity contribution >= 4 is 28.8 Å². The van der Waals surface area contributed by atoms with E-state index in [1.807, 2.05) is 24.1 Å². The van der Waals surface area contributed by atoms with E-state index in [1.54, 1.807) is 11.3 Å². The average Bonchev–Trinajstić information content (AvgIpc) is 2.99. The Kier molecular flexibility index (Phi) is 4.87. The number of amides is 1. The summed E-state index contributed by atoms with van der Waals surface area (Å²) in [4.78, 5) is 15.7. The standard InChI is InChI=1S/C14H21ClN2OS/c1-3-6-14(7-8-16-10-14)13(18)17(2)9-11-4-5-12(15)19-11/h4-5,16H,3,6-10H2,1-2H3. The first kappa shape index (κ1) is 14.8. The van der Waals surface area contributed by atoms with Crippen LogP contribution in [-0.4, -0.2) is 30.9 Å². The molecule has 1 atom stereocenters. The number of carbonyl (C=O) groups is 1. The predicted octanol–water partition coefficient (Wildman–Crippen LogP) is 3.14. The van der Waals surface area contributed by atoms with Crippen LogP contribution in [0.1, 0.15) is 31.1 Å². The fraction of sp³-hybridized carbons (Fsp3) is 0.643. The van der Waals surface area contributed by atoms with Gasteiger partial charge in [0.1, 0.15) is 0 Å². The third-order valence-electron chi connectivity index (χ3n) is 3.79. The van der Waals surface area contributed by atoms with Gasteiger partial charge >= 0.3 is 0 Å². The highest BCUT2D eigenvalue weighted by molar-refractivity contribution is 7.16. The van der Waals surface area contributed by atoms with Gasteiger partial charge in [0.05, 0.1) is 16.3 Å². The molecule has 3 nitrogen and oxygen atoms in total. The maximum absolute atomic E-state index is 12.7. The van der Waals surface area contributed by atoms with Gasteiger partial charge in [-0.25, -0.2) is 0 Å². The number of nitrogens with zero attached hydrogens (tertiary/aromatic N) is 1. The van der Waals surface area contributed by atoms with Crippen molar-refractivity contribution in [2.75, 3.05) is 20.1 Å². The van der Waals surface area contributed by atoms with Crippen molar-refractivity contribution in [2.24, 2.45) is 5.41 Å². The van der Waals surface area contributed by atoms with E-state index >= 15 is 0 Å². The number of hydrogen-bond acceptors (Lipinski definition) is 3. The number of halogens is 1. The lowest BCUT2D eigenvalue weighted by Crippen LogP contribution is -2.43. The van der Waals surface area contributed by atoms with E-state index in [0.717, 1.165) is 41.6 Å². The molecule has 0 spiro atoms. The zero-order valence-corrected chi connectivity index (χ0v) is 13.1. The van der Waals surface area contributed by atoms with Gasteiger partial charge in [0, 0.05) is 18.5 Å². The largest absolute Gasteiger partial charge is 0.340 e. The Morgan fingerprint density at radius 1 is 1.58 bits per heavy atom. The van der Waals surface area contributed by atoms with Crippen LogP contribution in [0.3, 0.4) is 0 Å². The van der Waals surface area contributed by atoms with Crippen LogP contribution >= 0.6 is 22.9 Å². The third-order valence-corrected chi connectivity index (χ3v) is 5.01. The molecule has 2 heterocycles. The number of hydrogen-bond donors (Lipinski definition) is 1. The second kappa shape index (κ2) is 6.25. The smallest absolute Gasteiger partial charge is 0.230 e. The van der Waals surface area contributed by atoms with Crippen LogP contribution in [0.15, 0.2) is 12.1 Å². The number of carbonyl (C=O) groups excluding carboxylic acids is 1. The van der Waals surface area contributed by atoms with Gasteiger partial charge in [0.2, 0.25) is 5.91 Å². The molecule has 2 rings (SSSR count). The maximum Gasteiger partial charge on any atom is 0.230 e. The summed E-state index contributed by atoms with van der Waals surface area (Å²) in [5.74, 6) is 0.267. The normalized spacial score (nSPS) is 22.7. The molecule has 1 aliphatic rings. The second-order valence-corrected chi connectivity index (χ2v) is 7.12. The highest BCUT2D eigenvalue weighted by Crippen LogP contribution is 2.34. The summed E-state index contributed by atoms with van der Waals surface area (Å²) < 4.78 is 0.779. The molecule has 0 aliphatic carbocycles. The van der Waals surface area contributed by atoms with Crippen molar-refractivity contribution in [3.8, 4) is 0 Å². The Labute approximate surface area is 123 Å². The SMILES string of the molecule is CCCC1(C(=O)N(C)Cc2ccc(Cl)s2)CCNC1. The van der Waals surface area contributed by atoms with Crippen LogP contribution in [0.2, 0.25) is 4.34 Å². The molecule has 1 aromatic rings. The van der Waals surface area contributed by atoms with Gasteiger partial charge in [0.25, 0.3) is 0 Å². The van der Waals surface area contributed by atoms with Crippen LogP contribution in [0.5, 0.6) is 0 Å².